The third-order valence-corrected chi connectivity index (χ3v) is 3.35. The summed E-state index contributed by atoms with van der Waals surface area (Å²) in [4.78, 5) is 11.2. The van der Waals surface area contributed by atoms with Crippen molar-refractivity contribution in [2.24, 2.45) is 5.73 Å². The lowest BCUT2D eigenvalue weighted by atomic mass is 10.2. The Hall–Kier alpha value is -1.40. The van der Waals surface area contributed by atoms with Gasteiger partial charge in [0.2, 0.25) is 0 Å². The second kappa shape index (κ2) is 5.79. The minimum absolute atomic E-state index is 0.00158. The van der Waals surface area contributed by atoms with Crippen molar-refractivity contribution < 1.29 is 17.4 Å². The van der Waals surface area contributed by atoms with E-state index in [-0.39, 0.29) is 11.3 Å². The van der Waals surface area contributed by atoms with Crippen LogP contribution in [0.25, 0.3) is 0 Å². The van der Waals surface area contributed by atoms with Gasteiger partial charge in [-0.25, -0.2) is 0 Å². The average Bonchev–Trinajstić information content (AvgIpc) is 2.26. The van der Waals surface area contributed by atoms with E-state index in [0.29, 0.717) is 13.0 Å². The molecule has 0 spiro atoms. The number of hydrogen-bond acceptors (Lipinski definition) is 5. The second-order valence-corrected chi connectivity index (χ2v) is 5.16. The molecule has 0 unspecified atom stereocenters. The molecular weight excluding hydrogens is 242 g/mol. The Balaban J connectivity index is 2.75. The number of carbonyl (C=O) groups excluding carboxylic acids is 1. The van der Waals surface area contributed by atoms with Gasteiger partial charge in [0.05, 0.1) is 0 Å². The highest BCUT2D eigenvalue weighted by atomic mass is 32.2. The maximum Gasteiger partial charge on any atom is 0.341 e. The highest BCUT2D eigenvalue weighted by Gasteiger charge is 2.19. The molecule has 0 heterocycles. The Kier molecular flexibility index (Phi) is 4.65. The molecule has 0 radical (unpaired) electrons. The van der Waals surface area contributed by atoms with Crippen LogP contribution in [0.5, 0.6) is 0 Å². The molecule has 0 fully saturated rings. The van der Waals surface area contributed by atoms with Crippen molar-refractivity contribution in [1.82, 2.24) is 0 Å². The van der Waals surface area contributed by atoms with E-state index in [2.05, 4.69) is 4.18 Å². The lowest BCUT2D eigenvalue weighted by Gasteiger charge is -2.05. The molecule has 0 bridgehead atoms. The van der Waals surface area contributed by atoms with E-state index in [1.54, 1.807) is 12.1 Å². The molecule has 1 rings (SSSR count). The minimum atomic E-state index is -4.00. The maximum atomic E-state index is 11.6. The molecule has 17 heavy (non-hydrogen) atoms. The van der Waals surface area contributed by atoms with Gasteiger partial charge < -0.3 is 9.92 Å². The zero-order chi connectivity index (χ0) is 12.9. The van der Waals surface area contributed by atoms with E-state index in [0.717, 1.165) is 5.56 Å². The molecule has 1 aromatic rings. The Morgan fingerprint density at radius 2 is 1.88 bits per heavy atom. The van der Waals surface area contributed by atoms with Gasteiger partial charge in [0, 0.05) is 6.42 Å². The van der Waals surface area contributed by atoms with Crippen LogP contribution in [0.2, 0.25) is 0 Å². The van der Waals surface area contributed by atoms with Crippen molar-refractivity contribution in [1.29, 1.82) is 0 Å². The molecule has 0 amide bonds. The number of benzene rings is 1. The predicted octanol–water partition coefficient (Wildman–Crippen LogP) is 0.966. The minimum Gasteiger partial charge on any atom is -0.342 e. The van der Waals surface area contributed by atoms with Crippen molar-refractivity contribution in [2.45, 2.75) is 24.7 Å². The first-order valence-electron chi connectivity index (χ1n) is 5.20. The molecule has 6 heteroatoms. The monoisotopic (exact) mass is 257 g/mol. The van der Waals surface area contributed by atoms with Crippen LogP contribution < -0.4 is 5.73 Å². The van der Waals surface area contributed by atoms with Gasteiger partial charge in [0.15, 0.2) is 0 Å². The maximum absolute atomic E-state index is 11.6. The molecule has 0 atom stereocenters. The molecule has 0 aliphatic rings. The summed E-state index contributed by atoms with van der Waals surface area (Å²) in [5.41, 5.74) is 6.14. The third-order valence-electron chi connectivity index (χ3n) is 2.10. The molecule has 5 nitrogen and oxygen atoms in total. The molecule has 0 aliphatic carbocycles. The van der Waals surface area contributed by atoms with Crippen molar-refractivity contribution in [2.75, 3.05) is 6.54 Å². The standard InChI is InChI=1S/C11H15NO4S/c1-9-4-6-10(7-5-9)17(14,15)16-11(13)3-2-8-12/h4-7H,2-3,8,12H2,1H3. The Labute approximate surface area is 101 Å². The van der Waals surface area contributed by atoms with Crippen LogP contribution in [0.4, 0.5) is 0 Å². The first-order chi connectivity index (χ1) is 7.95. The van der Waals surface area contributed by atoms with Gasteiger partial charge in [-0.05, 0) is 32.0 Å². The number of carbonyl (C=O) groups is 1. The van der Waals surface area contributed by atoms with Gasteiger partial charge in [0.25, 0.3) is 0 Å². The number of hydrogen-bond donors (Lipinski definition) is 1. The Morgan fingerprint density at radius 3 is 2.41 bits per heavy atom. The molecular formula is C11H15NO4S. The topological polar surface area (TPSA) is 86.5 Å². The van der Waals surface area contributed by atoms with Crippen LogP contribution >= 0.6 is 0 Å². The summed E-state index contributed by atoms with van der Waals surface area (Å²) in [6.07, 6.45) is 0.407. The summed E-state index contributed by atoms with van der Waals surface area (Å²) in [5.74, 6) is -0.781. The summed E-state index contributed by atoms with van der Waals surface area (Å²) in [7, 11) is -4.00. The van der Waals surface area contributed by atoms with Gasteiger partial charge in [0.1, 0.15) is 4.90 Å². The smallest absolute Gasteiger partial charge is 0.341 e. The van der Waals surface area contributed by atoms with Crippen LogP contribution in [0.3, 0.4) is 0 Å². The summed E-state index contributed by atoms with van der Waals surface area (Å²) in [6, 6.07) is 6.09. The quantitative estimate of drug-likeness (QED) is 0.794. The number of nitrogens with two attached hydrogens (primary N) is 1. The molecule has 2 N–H and O–H groups in total. The van der Waals surface area contributed by atoms with E-state index >= 15 is 0 Å². The Morgan fingerprint density at radius 1 is 1.29 bits per heavy atom. The fraction of sp³-hybridized carbons (Fsp3) is 0.364. The van der Waals surface area contributed by atoms with Crippen molar-refractivity contribution in [3.05, 3.63) is 29.8 Å². The number of rotatable bonds is 5. The lowest BCUT2D eigenvalue weighted by Crippen LogP contribution is -2.14. The summed E-state index contributed by atoms with van der Waals surface area (Å²) in [5, 5.41) is 0. The largest absolute Gasteiger partial charge is 0.342 e. The Bertz CT molecular complexity index is 479. The van der Waals surface area contributed by atoms with Gasteiger partial charge in [-0.2, -0.15) is 8.42 Å². The second-order valence-electron chi connectivity index (χ2n) is 3.61. The highest BCUT2D eigenvalue weighted by Crippen LogP contribution is 2.14. The SMILES string of the molecule is Cc1ccc(S(=O)(=O)OC(=O)CCCN)cc1. The van der Waals surface area contributed by atoms with E-state index in [9.17, 15) is 13.2 Å². The lowest BCUT2D eigenvalue weighted by molar-refractivity contribution is -0.133. The fourth-order valence-corrected chi connectivity index (χ4v) is 2.06. The van der Waals surface area contributed by atoms with Gasteiger partial charge in [-0.3, -0.25) is 4.79 Å². The number of aryl methyl sites for hydroxylation is 1. The first-order valence-corrected chi connectivity index (χ1v) is 6.60. The van der Waals surface area contributed by atoms with Crippen LogP contribution in [-0.4, -0.2) is 20.9 Å². The van der Waals surface area contributed by atoms with E-state index in [1.807, 2.05) is 6.92 Å². The van der Waals surface area contributed by atoms with Crippen LogP contribution in [0.1, 0.15) is 18.4 Å². The van der Waals surface area contributed by atoms with Crippen molar-refractivity contribution in [3.8, 4) is 0 Å². The summed E-state index contributed by atoms with van der Waals surface area (Å²) in [6.45, 7) is 2.16. The van der Waals surface area contributed by atoms with Crippen LogP contribution in [0, 0.1) is 6.92 Å². The van der Waals surface area contributed by atoms with E-state index in [1.165, 1.54) is 12.1 Å². The third kappa shape index (κ3) is 4.16. The average molecular weight is 257 g/mol. The van der Waals surface area contributed by atoms with E-state index in [4.69, 9.17) is 5.73 Å². The van der Waals surface area contributed by atoms with E-state index < -0.39 is 16.1 Å². The summed E-state index contributed by atoms with van der Waals surface area (Å²) < 4.78 is 27.7. The van der Waals surface area contributed by atoms with Crippen LogP contribution in [-0.2, 0) is 19.1 Å². The van der Waals surface area contributed by atoms with Gasteiger partial charge >= 0.3 is 16.1 Å². The molecule has 1 aromatic carbocycles. The zero-order valence-corrected chi connectivity index (χ0v) is 10.4. The predicted molar refractivity (Wildman–Crippen MR) is 62.7 cm³/mol. The van der Waals surface area contributed by atoms with Crippen LogP contribution in [0.15, 0.2) is 29.2 Å². The first kappa shape index (κ1) is 13.7. The van der Waals surface area contributed by atoms with Gasteiger partial charge in [-0.15, -0.1) is 0 Å². The van der Waals surface area contributed by atoms with Crippen molar-refractivity contribution in [3.63, 3.8) is 0 Å². The fourth-order valence-electron chi connectivity index (χ4n) is 1.16. The normalized spacial score (nSPS) is 11.2. The highest BCUT2D eigenvalue weighted by molar-refractivity contribution is 7.87. The van der Waals surface area contributed by atoms with Gasteiger partial charge in [-0.1, -0.05) is 17.7 Å². The molecule has 0 saturated heterocycles. The van der Waals surface area contributed by atoms with Crippen molar-refractivity contribution >= 4 is 16.1 Å². The molecule has 0 aromatic heterocycles. The zero-order valence-electron chi connectivity index (χ0n) is 9.55. The molecule has 0 aliphatic heterocycles. The molecule has 94 valence electrons. The summed E-state index contributed by atoms with van der Waals surface area (Å²) >= 11 is 0. The molecule has 0 saturated carbocycles.